The first kappa shape index (κ1) is 14.9. The number of hydrogen-bond acceptors (Lipinski definition) is 5. The molecule has 7 heteroatoms. The number of aliphatic carboxylic acids is 1. The van der Waals surface area contributed by atoms with Crippen molar-refractivity contribution >= 4 is 23.2 Å². The number of hydrogen-bond donors (Lipinski definition) is 1. The second kappa shape index (κ2) is 5.88. The fraction of sp³-hybridized carbons (Fsp3) is 0.615. The van der Waals surface area contributed by atoms with Gasteiger partial charge >= 0.3 is 5.97 Å². The molecule has 110 valence electrons. The van der Waals surface area contributed by atoms with Gasteiger partial charge in [0.15, 0.2) is 0 Å². The summed E-state index contributed by atoms with van der Waals surface area (Å²) in [5.41, 5.74) is 0.430. The normalized spacial score (nSPS) is 22.2. The molecule has 2 unspecified atom stereocenters. The van der Waals surface area contributed by atoms with Gasteiger partial charge in [-0.15, -0.1) is 11.3 Å². The second-order valence-electron chi connectivity index (χ2n) is 4.94. The van der Waals surface area contributed by atoms with Gasteiger partial charge in [-0.25, -0.2) is 4.98 Å². The maximum absolute atomic E-state index is 12.6. The molecule has 2 heterocycles. The summed E-state index contributed by atoms with van der Waals surface area (Å²) in [6, 6.07) is -0.327. The Hall–Kier alpha value is -1.47. The van der Waals surface area contributed by atoms with Gasteiger partial charge in [-0.2, -0.15) is 0 Å². The van der Waals surface area contributed by atoms with Crippen LogP contribution in [0.1, 0.15) is 33.2 Å². The third-order valence-electron chi connectivity index (χ3n) is 3.49. The summed E-state index contributed by atoms with van der Waals surface area (Å²) < 4.78 is 5.27. The van der Waals surface area contributed by atoms with E-state index in [0.717, 1.165) is 9.88 Å². The molecule has 2 rings (SSSR count). The van der Waals surface area contributed by atoms with Crippen LogP contribution < -0.4 is 0 Å². The molecule has 1 fully saturated rings. The molecule has 0 bridgehead atoms. The highest BCUT2D eigenvalue weighted by Gasteiger charge is 2.38. The Morgan fingerprint density at radius 2 is 2.20 bits per heavy atom. The van der Waals surface area contributed by atoms with E-state index >= 15 is 0 Å². The molecule has 1 amide bonds. The third kappa shape index (κ3) is 2.99. The van der Waals surface area contributed by atoms with Gasteiger partial charge in [0.2, 0.25) is 0 Å². The standard InChI is InChI=1S/C13H18N2O4S/c1-7-12(14-8(2)20-7)13(18)15-6-10(19-3)4-9(15)5-11(16)17/h9-10H,4-6H2,1-3H3,(H,16,17). The molecule has 1 aliphatic rings. The van der Waals surface area contributed by atoms with Gasteiger partial charge in [0.25, 0.3) is 5.91 Å². The average Bonchev–Trinajstić information content (AvgIpc) is 2.91. The molecule has 1 aliphatic heterocycles. The Labute approximate surface area is 121 Å². The van der Waals surface area contributed by atoms with Crippen molar-refractivity contribution in [2.45, 2.75) is 38.8 Å². The number of thiazole rings is 1. The maximum Gasteiger partial charge on any atom is 0.305 e. The number of rotatable bonds is 4. The molecule has 6 nitrogen and oxygen atoms in total. The summed E-state index contributed by atoms with van der Waals surface area (Å²) in [5, 5.41) is 9.81. The number of likely N-dealkylation sites (tertiary alicyclic amines) is 1. The molecule has 1 N–H and O–H groups in total. The van der Waals surface area contributed by atoms with Gasteiger partial charge < -0.3 is 14.7 Å². The molecular weight excluding hydrogens is 280 g/mol. The number of carbonyl (C=O) groups excluding carboxylic acids is 1. The lowest BCUT2D eigenvalue weighted by Crippen LogP contribution is -2.37. The van der Waals surface area contributed by atoms with Gasteiger partial charge in [0, 0.05) is 24.6 Å². The first-order chi connectivity index (χ1) is 9.42. The predicted molar refractivity (Wildman–Crippen MR) is 74.1 cm³/mol. The molecular formula is C13H18N2O4S. The molecule has 1 aromatic rings. The van der Waals surface area contributed by atoms with E-state index in [-0.39, 0.29) is 24.5 Å². The predicted octanol–water partition coefficient (Wildman–Crippen LogP) is 1.46. The summed E-state index contributed by atoms with van der Waals surface area (Å²) >= 11 is 1.47. The number of carboxylic acid groups (broad SMARTS) is 1. The van der Waals surface area contributed by atoms with Crippen LogP contribution in [-0.2, 0) is 9.53 Å². The molecule has 1 saturated heterocycles. The summed E-state index contributed by atoms with van der Waals surface area (Å²) in [6.07, 6.45) is 0.383. The van der Waals surface area contributed by atoms with Crippen molar-refractivity contribution in [1.82, 2.24) is 9.88 Å². The highest BCUT2D eigenvalue weighted by atomic mass is 32.1. The second-order valence-corrected chi connectivity index (χ2v) is 6.35. The van der Waals surface area contributed by atoms with Crippen LogP contribution in [0, 0.1) is 13.8 Å². The van der Waals surface area contributed by atoms with Crippen LogP contribution in [0.15, 0.2) is 0 Å². The molecule has 0 aliphatic carbocycles. The van der Waals surface area contributed by atoms with Crippen LogP contribution in [-0.4, -0.2) is 52.7 Å². The van der Waals surface area contributed by atoms with E-state index < -0.39 is 5.97 Å². The van der Waals surface area contributed by atoms with Crippen LogP contribution in [0.25, 0.3) is 0 Å². The number of amides is 1. The number of carboxylic acids is 1. The van der Waals surface area contributed by atoms with Gasteiger partial charge in [0.05, 0.1) is 17.5 Å². The molecule has 1 aromatic heterocycles. The van der Waals surface area contributed by atoms with Crippen LogP contribution in [0.5, 0.6) is 0 Å². The highest BCUT2D eigenvalue weighted by molar-refractivity contribution is 7.11. The van der Waals surface area contributed by atoms with Gasteiger partial charge in [0.1, 0.15) is 5.69 Å². The lowest BCUT2D eigenvalue weighted by molar-refractivity contribution is -0.137. The fourth-order valence-corrected chi connectivity index (χ4v) is 3.36. The zero-order valence-electron chi connectivity index (χ0n) is 11.8. The van der Waals surface area contributed by atoms with Gasteiger partial charge in [-0.05, 0) is 20.3 Å². The number of nitrogens with zero attached hydrogens (tertiary/aromatic N) is 2. The Kier molecular flexibility index (Phi) is 4.39. The van der Waals surface area contributed by atoms with Crippen LogP contribution in [0.2, 0.25) is 0 Å². The number of carbonyl (C=O) groups is 2. The monoisotopic (exact) mass is 298 g/mol. The minimum Gasteiger partial charge on any atom is -0.481 e. The van der Waals surface area contributed by atoms with Crippen molar-refractivity contribution in [3.8, 4) is 0 Å². The van der Waals surface area contributed by atoms with E-state index in [4.69, 9.17) is 9.84 Å². The minimum absolute atomic E-state index is 0.0617. The Morgan fingerprint density at radius 1 is 1.50 bits per heavy atom. The molecule has 0 radical (unpaired) electrons. The zero-order valence-corrected chi connectivity index (χ0v) is 12.6. The zero-order chi connectivity index (χ0) is 14.9. The smallest absolute Gasteiger partial charge is 0.305 e. The van der Waals surface area contributed by atoms with E-state index in [1.165, 1.54) is 11.3 Å². The minimum atomic E-state index is -0.907. The lowest BCUT2D eigenvalue weighted by atomic mass is 10.1. The summed E-state index contributed by atoms with van der Waals surface area (Å²) in [7, 11) is 1.58. The lowest BCUT2D eigenvalue weighted by Gasteiger charge is -2.22. The maximum atomic E-state index is 12.6. The SMILES string of the molecule is COC1CC(CC(=O)O)N(C(=O)c2nc(C)sc2C)C1. The number of aromatic nitrogens is 1. The van der Waals surface area contributed by atoms with E-state index in [9.17, 15) is 9.59 Å². The third-order valence-corrected chi connectivity index (χ3v) is 4.37. The summed E-state index contributed by atoms with van der Waals surface area (Å²) in [6.45, 7) is 4.13. The first-order valence-corrected chi connectivity index (χ1v) is 7.23. The van der Waals surface area contributed by atoms with E-state index in [2.05, 4.69) is 4.98 Å². The quantitative estimate of drug-likeness (QED) is 0.910. The van der Waals surface area contributed by atoms with Crippen molar-refractivity contribution in [3.05, 3.63) is 15.6 Å². The molecule has 20 heavy (non-hydrogen) atoms. The van der Waals surface area contributed by atoms with Gasteiger partial charge in [-0.3, -0.25) is 9.59 Å². The topological polar surface area (TPSA) is 79.7 Å². The van der Waals surface area contributed by atoms with Crippen molar-refractivity contribution in [2.75, 3.05) is 13.7 Å². The number of aryl methyl sites for hydroxylation is 2. The number of methoxy groups -OCH3 is 1. The van der Waals surface area contributed by atoms with Crippen LogP contribution >= 0.6 is 11.3 Å². The van der Waals surface area contributed by atoms with Crippen LogP contribution in [0.3, 0.4) is 0 Å². The van der Waals surface area contributed by atoms with Crippen molar-refractivity contribution in [1.29, 1.82) is 0 Å². The highest BCUT2D eigenvalue weighted by Crippen LogP contribution is 2.26. The summed E-state index contributed by atoms with van der Waals surface area (Å²) in [5.74, 6) is -1.10. The van der Waals surface area contributed by atoms with E-state index in [0.29, 0.717) is 18.7 Å². The Morgan fingerprint density at radius 3 is 2.70 bits per heavy atom. The Bertz CT molecular complexity index is 528. The average molecular weight is 298 g/mol. The largest absolute Gasteiger partial charge is 0.481 e. The summed E-state index contributed by atoms with van der Waals surface area (Å²) in [4.78, 5) is 30.2. The van der Waals surface area contributed by atoms with Crippen LogP contribution in [0.4, 0.5) is 0 Å². The van der Waals surface area contributed by atoms with Gasteiger partial charge in [-0.1, -0.05) is 0 Å². The molecule has 0 spiro atoms. The molecule has 0 saturated carbocycles. The first-order valence-electron chi connectivity index (χ1n) is 6.42. The Balaban J connectivity index is 2.21. The fourth-order valence-electron chi connectivity index (χ4n) is 2.55. The van der Waals surface area contributed by atoms with Crippen molar-refractivity contribution < 1.29 is 19.4 Å². The van der Waals surface area contributed by atoms with E-state index in [1.54, 1.807) is 12.0 Å². The molecule has 0 aromatic carbocycles. The number of ether oxygens (including phenoxy) is 1. The van der Waals surface area contributed by atoms with Crippen molar-refractivity contribution in [2.24, 2.45) is 0 Å². The molecule has 2 atom stereocenters. The van der Waals surface area contributed by atoms with E-state index in [1.807, 2.05) is 13.8 Å². The van der Waals surface area contributed by atoms with Crippen molar-refractivity contribution in [3.63, 3.8) is 0 Å².